The molecule has 0 saturated carbocycles. The first-order valence-corrected chi connectivity index (χ1v) is 5.65. The van der Waals surface area contributed by atoms with Crippen molar-refractivity contribution in [1.29, 1.82) is 0 Å². The molecular formula is C10H12BrN3O3. The molecule has 1 heterocycles. The second kappa shape index (κ2) is 6.97. The lowest BCUT2D eigenvalue weighted by atomic mass is 10.3. The molecule has 0 aliphatic carbocycles. The zero-order chi connectivity index (χ0) is 12.7. The van der Waals surface area contributed by atoms with E-state index >= 15 is 0 Å². The number of hydrogen-bond acceptors (Lipinski definition) is 4. The summed E-state index contributed by atoms with van der Waals surface area (Å²) in [7, 11) is 0. The van der Waals surface area contributed by atoms with Gasteiger partial charge in [0, 0.05) is 6.54 Å². The van der Waals surface area contributed by atoms with Gasteiger partial charge in [-0.25, -0.2) is 4.98 Å². The van der Waals surface area contributed by atoms with E-state index in [2.05, 4.69) is 26.2 Å². The Morgan fingerprint density at radius 3 is 2.88 bits per heavy atom. The van der Waals surface area contributed by atoms with Gasteiger partial charge < -0.3 is 15.8 Å². The number of nitrogens with two attached hydrogens (primary N) is 1. The van der Waals surface area contributed by atoms with E-state index in [-0.39, 0.29) is 19.1 Å². The van der Waals surface area contributed by atoms with E-state index in [1.54, 1.807) is 18.2 Å². The zero-order valence-corrected chi connectivity index (χ0v) is 10.6. The summed E-state index contributed by atoms with van der Waals surface area (Å²) in [4.78, 5) is 25.9. The number of rotatable bonds is 6. The van der Waals surface area contributed by atoms with E-state index in [0.29, 0.717) is 16.8 Å². The quantitative estimate of drug-likeness (QED) is 0.574. The van der Waals surface area contributed by atoms with Crippen LogP contribution in [0.5, 0.6) is 0 Å². The average Bonchev–Trinajstić information content (AvgIpc) is 2.28. The summed E-state index contributed by atoms with van der Waals surface area (Å²) in [5.74, 6) is -0.834. The Labute approximate surface area is 107 Å². The van der Waals surface area contributed by atoms with E-state index in [1.165, 1.54) is 0 Å². The molecule has 0 aliphatic heterocycles. The Kier molecular flexibility index (Phi) is 5.58. The number of pyridine rings is 1. The van der Waals surface area contributed by atoms with Crippen LogP contribution in [0.25, 0.3) is 0 Å². The van der Waals surface area contributed by atoms with Gasteiger partial charge in [-0.1, -0.05) is 6.07 Å². The van der Waals surface area contributed by atoms with Crippen molar-refractivity contribution in [3.63, 3.8) is 0 Å². The molecule has 0 spiro atoms. The first kappa shape index (κ1) is 13.6. The lowest BCUT2D eigenvalue weighted by Crippen LogP contribution is -2.29. The van der Waals surface area contributed by atoms with Crippen molar-refractivity contribution in [1.82, 2.24) is 10.3 Å². The fraction of sp³-hybridized carbons (Fsp3) is 0.300. The van der Waals surface area contributed by atoms with Gasteiger partial charge in [-0.3, -0.25) is 9.59 Å². The number of amides is 2. The molecule has 92 valence electrons. The van der Waals surface area contributed by atoms with Crippen molar-refractivity contribution in [3.8, 4) is 0 Å². The molecule has 0 radical (unpaired) electrons. The van der Waals surface area contributed by atoms with E-state index < -0.39 is 5.91 Å². The van der Waals surface area contributed by atoms with Gasteiger partial charge in [0.1, 0.15) is 16.9 Å². The van der Waals surface area contributed by atoms with Gasteiger partial charge >= 0.3 is 0 Å². The first-order valence-electron chi connectivity index (χ1n) is 4.86. The predicted octanol–water partition coefficient (Wildman–Crippen LogP) is 0.0758. The van der Waals surface area contributed by atoms with Crippen LogP contribution in [0.1, 0.15) is 10.5 Å². The fourth-order valence-electron chi connectivity index (χ4n) is 1.03. The van der Waals surface area contributed by atoms with Crippen molar-refractivity contribution in [2.45, 2.75) is 0 Å². The molecule has 7 heteroatoms. The summed E-state index contributed by atoms with van der Waals surface area (Å²) in [6.07, 6.45) is 0. The Hall–Kier alpha value is -1.47. The standard InChI is InChI=1S/C10H12BrN3O3/c11-8-3-1-2-7(14-8)10(16)13-4-5-17-6-9(12)15/h1-3H,4-6H2,(H2,12,15)(H,13,16). The number of aromatic nitrogens is 1. The largest absolute Gasteiger partial charge is 0.370 e. The van der Waals surface area contributed by atoms with Crippen molar-refractivity contribution in [2.75, 3.05) is 19.8 Å². The summed E-state index contributed by atoms with van der Waals surface area (Å²) >= 11 is 3.17. The highest BCUT2D eigenvalue weighted by molar-refractivity contribution is 9.10. The van der Waals surface area contributed by atoms with Crippen LogP contribution in [-0.4, -0.2) is 36.6 Å². The third kappa shape index (κ3) is 5.41. The number of carbonyl (C=O) groups excluding carboxylic acids is 2. The minimum atomic E-state index is -0.537. The number of hydrogen-bond donors (Lipinski definition) is 2. The first-order chi connectivity index (χ1) is 8.09. The average molecular weight is 302 g/mol. The summed E-state index contributed by atoms with van der Waals surface area (Å²) in [5.41, 5.74) is 5.19. The van der Waals surface area contributed by atoms with Crippen LogP contribution < -0.4 is 11.1 Å². The van der Waals surface area contributed by atoms with E-state index in [4.69, 9.17) is 10.5 Å². The molecular weight excluding hydrogens is 290 g/mol. The summed E-state index contributed by atoms with van der Waals surface area (Å²) < 4.78 is 5.48. The fourth-order valence-corrected chi connectivity index (χ4v) is 1.38. The van der Waals surface area contributed by atoms with Crippen molar-refractivity contribution >= 4 is 27.7 Å². The Bertz CT molecular complexity index is 412. The molecule has 17 heavy (non-hydrogen) atoms. The molecule has 2 amide bonds. The number of carbonyl (C=O) groups is 2. The Balaban J connectivity index is 2.28. The van der Waals surface area contributed by atoms with Gasteiger partial charge in [0.25, 0.3) is 5.91 Å². The zero-order valence-electron chi connectivity index (χ0n) is 8.98. The smallest absolute Gasteiger partial charge is 0.270 e. The van der Waals surface area contributed by atoms with Crippen LogP contribution >= 0.6 is 15.9 Å². The van der Waals surface area contributed by atoms with Gasteiger partial charge in [-0.15, -0.1) is 0 Å². The molecule has 6 nitrogen and oxygen atoms in total. The predicted molar refractivity (Wildman–Crippen MR) is 64.3 cm³/mol. The van der Waals surface area contributed by atoms with Crippen LogP contribution in [0.15, 0.2) is 22.8 Å². The maximum Gasteiger partial charge on any atom is 0.270 e. The second-order valence-electron chi connectivity index (χ2n) is 3.12. The molecule has 0 aliphatic rings. The number of halogens is 1. The monoisotopic (exact) mass is 301 g/mol. The van der Waals surface area contributed by atoms with Gasteiger partial charge in [0.05, 0.1) is 6.61 Å². The molecule has 0 aromatic carbocycles. The molecule has 1 aromatic rings. The number of nitrogens with zero attached hydrogens (tertiary/aromatic N) is 1. The number of primary amides is 1. The van der Waals surface area contributed by atoms with Gasteiger partial charge in [-0.2, -0.15) is 0 Å². The number of nitrogens with one attached hydrogen (secondary N) is 1. The third-order valence-corrected chi connectivity index (χ3v) is 2.17. The number of ether oxygens (including phenoxy) is 1. The third-order valence-electron chi connectivity index (χ3n) is 1.72. The van der Waals surface area contributed by atoms with E-state index in [0.717, 1.165) is 0 Å². The van der Waals surface area contributed by atoms with Crippen molar-refractivity contribution in [2.24, 2.45) is 5.73 Å². The van der Waals surface area contributed by atoms with Crippen LogP contribution in [-0.2, 0) is 9.53 Å². The minimum Gasteiger partial charge on any atom is -0.370 e. The second-order valence-corrected chi connectivity index (χ2v) is 3.93. The molecule has 0 saturated heterocycles. The molecule has 0 unspecified atom stereocenters. The van der Waals surface area contributed by atoms with Crippen LogP contribution in [0.4, 0.5) is 0 Å². The van der Waals surface area contributed by atoms with Crippen LogP contribution in [0.2, 0.25) is 0 Å². The Morgan fingerprint density at radius 1 is 1.47 bits per heavy atom. The molecule has 0 bridgehead atoms. The van der Waals surface area contributed by atoms with Crippen LogP contribution in [0, 0.1) is 0 Å². The van der Waals surface area contributed by atoms with Crippen molar-refractivity contribution < 1.29 is 14.3 Å². The summed E-state index contributed by atoms with van der Waals surface area (Å²) in [6.45, 7) is 0.369. The van der Waals surface area contributed by atoms with Gasteiger partial charge in [0.15, 0.2) is 0 Å². The highest BCUT2D eigenvalue weighted by Gasteiger charge is 2.06. The molecule has 1 aromatic heterocycles. The van der Waals surface area contributed by atoms with E-state index in [9.17, 15) is 9.59 Å². The molecule has 3 N–H and O–H groups in total. The SMILES string of the molecule is NC(=O)COCCNC(=O)c1cccc(Br)n1. The lowest BCUT2D eigenvalue weighted by molar-refractivity contribution is -0.122. The summed E-state index contributed by atoms with van der Waals surface area (Å²) in [6, 6.07) is 5.05. The van der Waals surface area contributed by atoms with E-state index in [1.807, 2.05) is 0 Å². The maximum atomic E-state index is 11.6. The maximum absolute atomic E-state index is 11.6. The summed E-state index contributed by atoms with van der Waals surface area (Å²) in [5, 5.41) is 2.60. The van der Waals surface area contributed by atoms with Gasteiger partial charge in [-0.05, 0) is 28.1 Å². The van der Waals surface area contributed by atoms with Crippen molar-refractivity contribution in [3.05, 3.63) is 28.5 Å². The highest BCUT2D eigenvalue weighted by Crippen LogP contribution is 2.05. The Morgan fingerprint density at radius 2 is 2.24 bits per heavy atom. The topological polar surface area (TPSA) is 94.3 Å². The lowest BCUT2D eigenvalue weighted by Gasteiger charge is -2.05. The molecule has 0 atom stereocenters. The highest BCUT2D eigenvalue weighted by atomic mass is 79.9. The molecule has 0 fully saturated rings. The normalized spacial score (nSPS) is 9.94. The molecule has 1 rings (SSSR count). The van der Waals surface area contributed by atoms with Crippen LogP contribution in [0.3, 0.4) is 0 Å². The minimum absolute atomic E-state index is 0.148. The van der Waals surface area contributed by atoms with Gasteiger partial charge in [0.2, 0.25) is 5.91 Å².